The molecule has 1 aliphatic rings. The van der Waals surface area contributed by atoms with Gasteiger partial charge in [0.25, 0.3) is 0 Å². The summed E-state index contributed by atoms with van der Waals surface area (Å²) < 4.78 is 0. The molecular formula is C7H11BrO. The zero-order chi connectivity index (χ0) is 6.85. The molecule has 1 aliphatic carbocycles. The first-order valence-electron chi connectivity index (χ1n) is 3.39. The van der Waals surface area contributed by atoms with Gasteiger partial charge in [0, 0.05) is 5.92 Å². The molecule has 0 N–H and O–H groups in total. The van der Waals surface area contributed by atoms with Crippen LogP contribution >= 0.6 is 15.9 Å². The van der Waals surface area contributed by atoms with E-state index in [-0.39, 0.29) is 4.83 Å². The number of alkyl halides is 1. The smallest absolute Gasteiger partial charge is 0.149 e. The van der Waals surface area contributed by atoms with Gasteiger partial charge in [-0.3, -0.25) is 4.79 Å². The Labute approximate surface area is 64.0 Å². The fourth-order valence-electron chi connectivity index (χ4n) is 1.20. The van der Waals surface area contributed by atoms with Crippen molar-refractivity contribution in [2.24, 2.45) is 5.92 Å². The fraction of sp³-hybridized carbons (Fsp3) is 0.857. The first-order valence-corrected chi connectivity index (χ1v) is 4.31. The SMILES string of the molecule is CC1CCCC(Br)C1=O. The van der Waals surface area contributed by atoms with Gasteiger partial charge < -0.3 is 0 Å². The van der Waals surface area contributed by atoms with Crippen molar-refractivity contribution < 1.29 is 4.79 Å². The first kappa shape index (κ1) is 7.26. The molecule has 0 aromatic rings. The molecule has 0 bridgehead atoms. The second kappa shape index (κ2) is 2.82. The van der Waals surface area contributed by atoms with Crippen molar-refractivity contribution in [2.75, 3.05) is 0 Å². The molecule has 1 rings (SSSR count). The maximum Gasteiger partial charge on any atom is 0.149 e. The van der Waals surface area contributed by atoms with Gasteiger partial charge in [-0.15, -0.1) is 0 Å². The van der Waals surface area contributed by atoms with Crippen LogP contribution in [0.5, 0.6) is 0 Å². The molecular weight excluding hydrogens is 180 g/mol. The van der Waals surface area contributed by atoms with Gasteiger partial charge in [0.05, 0.1) is 4.83 Å². The Morgan fingerprint density at radius 1 is 1.56 bits per heavy atom. The van der Waals surface area contributed by atoms with Gasteiger partial charge >= 0.3 is 0 Å². The van der Waals surface area contributed by atoms with Crippen LogP contribution in [0, 0.1) is 5.92 Å². The van der Waals surface area contributed by atoms with Gasteiger partial charge in [0.1, 0.15) is 5.78 Å². The van der Waals surface area contributed by atoms with Gasteiger partial charge in [-0.05, 0) is 12.8 Å². The van der Waals surface area contributed by atoms with Crippen LogP contribution in [0.25, 0.3) is 0 Å². The van der Waals surface area contributed by atoms with E-state index >= 15 is 0 Å². The van der Waals surface area contributed by atoms with Crippen molar-refractivity contribution in [1.29, 1.82) is 0 Å². The molecule has 1 fully saturated rings. The first-order chi connectivity index (χ1) is 4.22. The predicted octanol–water partition coefficient (Wildman–Crippen LogP) is 2.14. The van der Waals surface area contributed by atoms with E-state index in [1.54, 1.807) is 0 Å². The quantitative estimate of drug-likeness (QED) is 0.536. The monoisotopic (exact) mass is 190 g/mol. The highest BCUT2D eigenvalue weighted by atomic mass is 79.9. The number of rotatable bonds is 0. The van der Waals surface area contributed by atoms with E-state index in [2.05, 4.69) is 15.9 Å². The molecule has 0 aromatic heterocycles. The average molecular weight is 191 g/mol. The molecule has 0 amide bonds. The van der Waals surface area contributed by atoms with Crippen LogP contribution < -0.4 is 0 Å². The minimum atomic E-state index is 0.154. The third-order valence-corrected chi connectivity index (χ3v) is 2.80. The molecule has 52 valence electrons. The van der Waals surface area contributed by atoms with Crippen molar-refractivity contribution in [3.05, 3.63) is 0 Å². The highest BCUT2D eigenvalue weighted by molar-refractivity contribution is 9.10. The lowest BCUT2D eigenvalue weighted by Crippen LogP contribution is -2.26. The topological polar surface area (TPSA) is 17.1 Å². The molecule has 0 heterocycles. The third-order valence-electron chi connectivity index (χ3n) is 1.89. The van der Waals surface area contributed by atoms with E-state index < -0.39 is 0 Å². The van der Waals surface area contributed by atoms with Crippen LogP contribution in [0.2, 0.25) is 0 Å². The number of carbonyl (C=O) groups is 1. The summed E-state index contributed by atoms with van der Waals surface area (Å²) in [4.78, 5) is 11.2. The van der Waals surface area contributed by atoms with Crippen LogP contribution in [0.4, 0.5) is 0 Å². The highest BCUT2D eigenvalue weighted by Crippen LogP contribution is 2.24. The zero-order valence-corrected chi connectivity index (χ0v) is 7.15. The number of halogens is 1. The third kappa shape index (κ3) is 1.54. The van der Waals surface area contributed by atoms with Gasteiger partial charge in [-0.25, -0.2) is 0 Å². The van der Waals surface area contributed by atoms with Crippen molar-refractivity contribution in [3.8, 4) is 0 Å². The van der Waals surface area contributed by atoms with Crippen LogP contribution in [0.15, 0.2) is 0 Å². The van der Waals surface area contributed by atoms with Crippen molar-refractivity contribution in [2.45, 2.75) is 31.0 Å². The number of Topliss-reactive ketones (excluding diaryl/α,β-unsaturated/α-hetero) is 1. The molecule has 0 spiro atoms. The van der Waals surface area contributed by atoms with Crippen LogP contribution in [-0.2, 0) is 4.79 Å². The van der Waals surface area contributed by atoms with Crippen molar-refractivity contribution in [3.63, 3.8) is 0 Å². The van der Waals surface area contributed by atoms with Crippen molar-refractivity contribution >= 4 is 21.7 Å². The summed E-state index contributed by atoms with van der Waals surface area (Å²) >= 11 is 3.34. The average Bonchev–Trinajstić information content (AvgIpc) is 1.83. The van der Waals surface area contributed by atoms with Gasteiger partial charge in [-0.1, -0.05) is 29.3 Å². The lowest BCUT2D eigenvalue weighted by molar-refractivity contribution is -0.123. The zero-order valence-electron chi connectivity index (χ0n) is 5.56. The van der Waals surface area contributed by atoms with E-state index in [0.717, 1.165) is 12.8 Å². The van der Waals surface area contributed by atoms with E-state index in [4.69, 9.17) is 0 Å². The number of carbonyl (C=O) groups excluding carboxylic acids is 1. The molecule has 0 aromatic carbocycles. The standard InChI is InChI=1S/C7H11BrO/c1-5-3-2-4-6(8)7(5)9/h5-6H,2-4H2,1H3. The molecule has 0 radical (unpaired) electrons. The molecule has 2 heteroatoms. The van der Waals surface area contributed by atoms with Crippen LogP contribution in [0.3, 0.4) is 0 Å². The number of ketones is 1. The summed E-state index contributed by atoms with van der Waals surface area (Å²) in [5, 5.41) is 0. The molecule has 1 saturated carbocycles. The Hall–Kier alpha value is 0.150. The second-order valence-electron chi connectivity index (χ2n) is 2.70. The molecule has 9 heavy (non-hydrogen) atoms. The summed E-state index contributed by atoms with van der Waals surface area (Å²) in [6.45, 7) is 2.01. The normalized spacial score (nSPS) is 36.9. The minimum absolute atomic E-state index is 0.154. The van der Waals surface area contributed by atoms with E-state index in [0.29, 0.717) is 11.7 Å². The summed E-state index contributed by atoms with van der Waals surface area (Å²) in [5.74, 6) is 0.685. The molecule has 1 nitrogen and oxygen atoms in total. The number of hydrogen-bond acceptors (Lipinski definition) is 1. The van der Waals surface area contributed by atoms with Crippen LogP contribution in [0.1, 0.15) is 26.2 Å². The maximum atomic E-state index is 11.1. The lowest BCUT2D eigenvalue weighted by atomic mass is 9.90. The Morgan fingerprint density at radius 2 is 2.22 bits per heavy atom. The lowest BCUT2D eigenvalue weighted by Gasteiger charge is -2.20. The maximum absolute atomic E-state index is 11.1. The highest BCUT2D eigenvalue weighted by Gasteiger charge is 2.25. The summed E-state index contributed by atoms with van der Waals surface area (Å²) in [7, 11) is 0. The minimum Gasteiger partial charge on any atom is -0.298 e. The number of hydrogen-bond donors (Lipinski definition) is 0. The van der Waals surface area contributed by atoms with Crippen LogP contribution in [-0.4, -0.2) is 10.6 Å². The molecule has 0 aliphatic heterocycles. The van der Waals surface area contributed by atoms with E-state index in [9.17, 15) is 4.79 Å². The Kier molecular flexibility index (Phi) is 2.28. The van der Waals surface area contributed by atoms with Gasteiger partial charge in [0.15, 0.2) is 0 Å². The Bertz CT molecular complexity index is 110. The summed E-state index contributed by atoms with van der Waals surface area (Å²) in [5.41, 5.74) is 0. The molecule has 2 unspecified atom stereocenters. The molecule has 0 saturated heterocycles. The van der Waals surface area contributed by atoms with Gasteiger partial charge in [-0.2, -0.15) is 0 Å². The van der Waals surface area contributed by atoms with Gasteiger partial charge in [0.2, 0.25) is 0 Å². The summed E-state index contributed by atoms with van der Waals surface area (Å²) in [6, 6.07) is 0. The predicted molar refractivity (Wildman–Crippen MR) is 40.7 cm³/mol. The molecule has 2 atom stereocenters. The van der Waals surface area contributed by atoms with Crippen molar-refractivity contribution in [1.82, 2.24) is 0 Å². The Morgan fingerprint density at radius 3 is 2.67 bits per heavy atom. The van der Waals surface area contributed by atoms with E-state index in [1.807, 2.05) is 6.92 Å². The fourth-order valence-corrected chi connectivity index (χ4v) is 1.97. The summed E-state index contributed by atoms with van der Waals surface area (Å²) in [6.07, 6.45) is 3.31. The largest absolute Gasteiger partial charge is 0.298 e. The second-order valence-corrected chi connectivity index (χ2v) is 3.81. The Balaban J connectivity index is 2.52. The van der Waals surface area contributed by atoms with E-state index in [1.165, 1.54) is 6.42 Å².